The number of nitrogens with zero attached hydrogens (tertiary/aromatic N) is 1. The van der Waals surface area contributed by atoms with Crippen molar-refractivity contribution in [3.05, 3.63) is 12.7 Å². The zero-order chi connectivity index (χ0) is 12.5. The lowest BCUT2D eigenvalue weighted by Gasteiger charge is -2.46. The maximum Gasteiger partial charge on any atom is 0.410 e. The summed E-state index contributed by atoms with van der Waals surface area (Å²) in [7, 11) is 0. The number of carboxylic acids is 1. The molecule has 0 saturated carbocycles. The van der Waals surface area contributed by atoms with Crippen LogP contribution < -0.4 is 0 Å². The molecule has 0 aromatic carbocycles. The number of rotatable bonds is 3. The van der Waals surface area contributed by atoms with Crippen LogP contribution in [0.2, 0.25) is 0 Å². The summed E-state index contributed by atoms with van der Waals surface area (Å²) in [5.74, 6) is -0.936. The molecule has 0 aromatic rings. The van der Waals surface area contributed by atoms with Crippen LogP contribution >= 0.6 is 0 Å². The van der Waals surface area contributed by atoms with Gasteiger partial charge in [-0.05, 0) is 6.42 Å². The molecule has 0 aromatic heterocycles. The summed E-state index contributed by atoms with van der Waals surface area (Å²) < 4.78 is 10.1. The van der Waals surface area contributed by atoms with Crippen LogP contribution in [0.5, 0.6) is 0 Å². The van der Waals surface area contributed by atoms with Gasteiger partial charge in [0.15, 0.2) is 6.10 Å². The molecule has 1 N–H and O–H groups in total. The number of hydrogen-bond acceptors (Lipinski definition) is 4. The van der Waals surface area contributed by atoms with Crippen LogP contribution in [0, 0.1) is 5.41 Å². The van der Waals surface area contributed by atoms with E-state index in [9.17, 15) is 9.59 Å². The predicted octanol–water partition coefficient (Wildman–Crippen LogP) is 0.484. The Morgan fingerprint density at radius 2 is 2.29 bits per heavy atom. The second-order valence-corrected chi connectivity index (χ2v) is 4.56. The van der Waals surface area contributed by atoms with Crippen LogP contribution in [0.1, 0.15) is 6.42 Å². The van der Waals surface area contributed by atoms with Gasteiger partial charge in [0.1, 0.15) is 6.61 Å². The highest BCUT2D eigenvalue weighted by Gasteiger charge is 2.52. The quantitative estimate of drug-likeness (QED) is 0.727. The average molecular weight is 241 g/mol. The number of carbonyl (C=O) groups excluding carboxylic acids is 1. The second kappa shape index (κ2) is 4.37. The average Bonchev–Trinajstić information content (AvgIpc) is 2.68. The summed E-state index contributed by atoms with van der Waals surface area (Å²) in [4.78, 5) is 23.7. The molecule has 1 atom stereocenters. The van der Waals surface area contributed by atoms with E-state index in [0.717, 1.165) is 0 Å². The van der Waals surface area contributed by atoms with Gasteiger partial charge in [0.2, 0.25) is 0 Å². The van der Waals surface area contributed by atoms with Gasteiger partial charge in [-0.2, -0.15) is 0 Å². The minimum absolute atomic E-state index is 0.184. The van der Waals surface area contributed by atoms with E-state index < -0.39 is 12.1 Å². The largest absolute Gasteiger partial charge is 0.479 e. The Morgan fingerprint density at radius 3 is 2.82 bits per heavy atom. The lowest BCUT2D eigenvalue weighted by molar-refractivity contribution is -0.147. The van der Waals surface area contributed by atoms with Crippen molar-refractivity contribution in [1.29, 1.82) is 0 Å². The van der Waals surface area contributed by atoms with Gasteiger partial charge in [0.25, 0.3) is 0 Å². The minimum atomic E-state index is -0.936. The van der Waals surface area contributed by atoms with Gasteiger partial charge in [0, 0.05) is 18.5 Å². The van der Waals surface area contributed by atoms with E-state index in [1.54, 1.807) is 4.90 Å². The number of hydrogen-bond donors (Lipinski definition) is 1. The summed E-state index contributed by atoms with van der Waals surface area (Å²) >= 11 is 0. The third-order valence-electron chi connectivity index (χ3n) is 3.12. The van der Waals surface area contributed by atoms with E-state index in [2.05, 4.69) is 6.58 Å². The van der Waals surface area contributed by atoms with Gasteiger partial charge < -0.3 is 19.5 Å². The Morgan fingerprint density at radius 1 is 1.59 bits per heavy atom. The Kier molecular flexibility index (Phi) is 3.06. The van der Waals surface area contributed by atoms with E-state index in [1.165, 1.54) is 6.08 Å². The number of ether oxygens (including phenoxy) is 2. The van der Waals surface area contributed by atoms with Crippen molar-refractivity contribution < 1.29 is 24.2 Å². The molecule has 6 nitrogen and oxygen atoms in total. The second-order valence-electron chi connectivity index (χ2n) is 4.56. The first-order valence-electron chi connectivity index (χ1n) is 5.43. The molecule has 94 valence electrons. The van der Waals surface area contributed by atoms with Crippen LogP contribution in [0.25, 0.3) is 0 Å². The third-order valence-corrected chi connectivity index (χ3v) is 3.12. The molecule has 2 heterocycles. The van der Waals surface area contributed by atoms with Crippen LogP contribution in [0.3, 0.4) is 0 Å². The highest BCUT2D eigenvalue weighted by Crippen LogP contribution is 2.41. The zero-order valence-corrected chi connectivity index (χ0v) is 9.42. The van der Waals surface area contributed by atoms with Gasteiger partial charge in [-0.1, -0.05) is 12.7 Å². The highest BCUT2D eigenvalue weighted by molar-refractivity contribution is 5.73. The molecule has 2 aliphatic rings. The summed E-state index contributed by atoms with van der Waals surface area (Å²) in [5.41, 5.74) is -0.184. The fourth-order valence-corrected chi connectivity index (χ4v) is 2.28. The Balaban J connectivity index is 1.80. The topological polar surface area (TPSA) is 76.1 Å². The van der Waals surface area contributed by atoms with Crippen LogP contribution in [-0.4, -0.2) is 54.5 Å². The van der Waals surface area contributed by atoms with Crippen molar-refractivity contribution in [2.45, 2.75) is 12.5 Å². The maximum atomic E-state index is 11.4. The van der Waals surface area contributed by atoms with Crippen molar-refractivity contribution in [3.63, 3.8) is 0 Å². The normalized spacial score (nSPS) is 25.4. The molecule has 0 bridgehead atoms. The molecule has 0 aliphatic carbocycles. The van der Waals surface area contributed by atoms with Crippen molar-refractivity contribution in [3.8, 4) is 0 Å². The van der Waals surface area contributed by atoms with E-state index in [4.69, 9.17) is 14.6 Å². The lowest BCUT2D eigenvalue weighted by Crippen LogP contribution is -2.59. The molecule has 17 heavy (non-hydrogen) atoms. The van der Waals surface area contributed by atoms with E-state index in [0.29, 0.717) is 26.1 Å². The van der Waals surface area contributed by atoms with Gasteiger partial charge in [-0.25, -0.2) is 9.59 Å². The SMILES string of the molecule is C=CCOC(=O)N1CC2(COC(C(=O)O)C2)C1. The molecule has 6 heteroatoms. The van der Waals surface area contributed by atoms with Crippen LogP contribution in [0.15, 0.2) is 12.7 Å². The van der Waals surface area contributed by atoms with Gasteiger partial charge in [0.05, 0.1) is 6.61 Å². The van der Waals surface area contributed by atoms with Crippen molar-refractivity contribution in [2.24, 2.45) is 5.41 Å². The molecule has 0 radical (unpaired) electrons. The van der Waals surface area contributed by atoms with Crippen molar-refractivity contribution in [2.75, 3.05) is 26.3 Å². The molecule has 1 unspecified atom stereocenters. The molecular weight excluding hydrogens is 226 g/mol. The number of carbonyl (C=O) groups is 2. The molecular formula is C11H15NO5. The Bertz CT molecular complexity index is 348. The first-order chi connectivity index (χ1) is 8.06. The summed E-state index contributed by atoms with van der Waals surface area (Å²) in [5, 5.41) is 8.81. The minimum Gasteiger partial charge on any atom is -0.479 e. The standard InChI is InChI=1S/C11H15NO5/c1-2-3-16-10(15)12-5-11(6-12)4-8(9(13)14)17-7-11/h2,8H,1,3-7H2,(H,13,14). The van der Waals surface area contributed by atoms with Crippen molar-refractivity contribution >= 4 is 12.1 Å². The van der Waals surface area contributed by atoms with Crippen molar-refractivity contribution in [1.82, 2.24) is 4.90 Å². The molecule has 1 amide bonds. The fourth-order valence-electron chi connectivity index (χ4n) is 2.28. The Hall–Kier alpha value is -1.56. The summed E-state index contributed by atoms with van der Waals surface area (Å²) in [6.45, 7) is 5.06. The van der Waals surface area contributed by atoms with E-state index >= 15 is 0 Å². The number of carboxylic acid groups (broad SMARTS) is 1. The molecule has 2 fully saturated rings. The summed E-state index contributed by atoms with van der Waals surface area (Å²) in [6, 6.07) is 0. The Labute approximate surface area is 98.8 Å². The smallest absolute Gasteiger partial charge is 0.410 e. The monoisotopic (exact) mass is 241 g/mol. The van der Waals surface area contributed by atoms with E-state index in [1.807, 2.05) is 0 Å². The zero-order valence-electron chi connectivity index (χ0n) is 9.42. The molecule has 2 aliphatic heterocycles. The fraction of sp³-hybridized carbons (Fsp3) is 0.636. The molecule has 2 saturated heterocycles. The van der Waals surface area contributed by atoms with Gasteiger partial charge in [-0.15, -0.1) is 0 Å². The first kappa shape index (κ1) is 11.9. The van der Waals surface area contributed by atoms with Crippen LogP contribution in [-0.2, 0) is 14.3 Å². The molecule has 2 rings (SSSR count). The molecule has 1 spiro atoms. The third kappa shape index (κ3) is 2.26. The van der Waals surface area contributed by atoms with Crippen LogP contribution in [0.4, 0.5) is 4.79 Å². The van der Waals surface area contributed by atoms with Gasteiger partial charge in [-0.3, -0.25) is 0 Å². The van der Waals surface area contributed by atoms with E-state index in [-0.39, 0.29) is 18.1 Å². The summed E-state index contributed by atoms with van der Waals surface area (Å²) in [6.07, 6.45) is 0.857. The maximum absolute atomic E-state index is 11.4. The first-order valence-corrected chi connectivity index (χ1v) is 5.43. The number of amides is 1. The predicted molar refractivity (Wildman–Crippen MR) is 57.5 cm³/mol. The lowest BCUT2D eigenvalue weighted by atomic mass is 9.78. The highest BCUT2D eigenvalue weighted by atomic mass is 16.6. The number of aliphatic carboxylic acids is 1. The number of likely N-dealkylation sites (tertiary alicyclic amines) is 1. The van der Waals surface area contributed by atoms with Gasteiger partial charge >= 0.3 is 12.1 Å².